The molecule has 14 nitrogen and oxygen atoms in total. The molecule has 1 heterocycles. The maximum absolute atomic E-state index is 13.6. The van der Waals surface area contributed by atoms with Crippen molar-refractivity contribution in [3.05, 3.63) is 0 Å². The molecule has 4 aliphatic carbocycles. The highest BCUT2D eigenvalue weighted by atomic mass is 16.6. The average molecular weight is 913 g/mol. The van der Waals surface area contributed by atoms with E-state index in [0.717, 1.165) is 69.1 Å². The molecule has 1 aliphatic heterocycles. The number of Topliss-reactive ketones (excluding diaryl/α,β-unsaturated/α-hetero) is 1. The highest BCUT2D eigenvalue weighted by molar-refractivity contribution is 5.98. The van der Waals surface area contributed by atoms with E-state index in [-0.39, 0.29) is 59.0 Å². The van der Waals surface area contributed by atoms with E-state index in [1.807, 2.05) is 41.5 Å². The van der Waals surface area contributed by atoms with Gasteiger partial charge in [0.2, 0.25) is 35.4 Å². The lowest BCUT2D eigenvalue weighted by atomic mass is 9.49. The van der Waals surface area contributed by atoms with Gasteiger partial charge in [0.1, 0.15) is 17.7 Å². The van der Waals surface area contributed by atoms with Crippen molar-refractivity contribution < 1.29 is 38.3 Å². The Morgan fingerprint density at radius 2 is 0.862 bits per heavy atom. The van der Waals surface area contributed by atoms with Crippen molar-refractivity contribution in [2.75, 3.05) is 26.2 Å². The predicted octanol–water partition coefficient (Wildman–Crippen LogP) is 6.57. The zero-order valence-corrected chi connectivity index (χ0v) is 41.3. The summed E-state index contributed by atoms with van der Waals surface area (Å²) in [6, 6.07) is -2.40. The van der Waals surface area contributed by atoms with Gasteiger partial charge < -0.3 is 36.6 Å². The van der Waals surface area contributed by atoms with Crippen LogP contribution in [0.3, 0.4) is 0 Å². The molecule has 0 aromatic carbocycles. The normalized spacial score (nSPS) is 24.3. The van der Waals surface area contributed by atoms with Crippen LogP contribution in [0.15, 0.2) is 0 Å². The highest BCUT2D eigenvalue weighted by Crippen LogP contribution is 2.61. The smallest absolute Gasteiger partial charge is 0.243 e. The van der Waals surface area contributed by atoms with Crippen LogP contribution in [0.4, 0.5) is 0 Å². The molecule has 1 saturated heterocycles. The molecule has 65 heavy (non-hydrogen) atoms. The second-order valence-corrected chi connectivity index (χ2v) is 22.1. The summed E-state index contributed by atoms with van der Waals surface area (Å²) in [6.07, 6.45) is 18.2. The Kier molecular flexibility index (Phi) is 22.2. The molecular weight excluding hydrogens is 825 g/mol. The van der Waals surface area contributed by atoms with E-state index in [4.69, 9.17) is 4.74 Å². The van der Waals surface area contributed by atoms with Crippen LogP contribution in [0.2, 0.25) is 0 Å². The topological polar surface area (TPSA) is 204 Å². The van der Waals surface area contributed by atoms with E-state index in [0.29, 0.717) is 71.2 Å². The van der Waals surface area contributed by atoms with Gasteiger partial charge in [0.15, 0.2) is 5.78 Å². The van der Waals surface area contributed by atoms with Gasteiger partial charge in [0, 0.05) is 45.3 Å². The summed E-state index contributed by atoms with van der Waals surface area (Å²) < 4.78 is 5.37. The maximum atomic E-state index is 13.6. The van der Waals surface area contributed by atoms with Gasteiger partial charge in [-0.3, -0.25) is 33.6 Å². The molecule has 0 unspecified atom stereocenters. The minimum absolute atomic E-state index is 0.00374. The molecule has 370 valence electrons. The van der Waals surface area contributed by atoms with Crippen LogP contribution in [0.25, 0.3) is 0 Å². The number of epoxide rings is 1. The van der Waals surface area contributed by atoms with E-state index in [1.165, 1.54) is 38.5 Å². The molecule has 4 atom stereocenters. The quantitative estimate of drug-likeness (QED) is 0.0313. The molecule has 0 spiro atoms. The van der Waals surface area contributed by atoms with Crippen molar-refractivity contribution in [2.45, 2.75) is 213 Å². The van der Waals surface area contributed by atoms with Crippen molar-refractivity contribution in [1.29, 1.82) is 0 Å². The number of hydrogen-bond donors (Lipinski definition) is 6. The number of carbonyl (C=O) groups is 7. The number of ether oxygens (including phenoxy) is 1. The summed E-state index contributed by atoms with van der Waals surface area (Å²) in [4.78, 5) is 90.7. The first-order valence-corrected chi connectivity index (χ1v) is 25.7. The predicted molar refractivity (Wildman–Crippen MR) is 253 cm³/mol. The number of unbranched alkanes of at least 4 members (excludes halogenated alkanes) is 6. The van der Waals surface area contributed by atoms with E-state index in [2.05, 4.69) is 31.9 Å². The van der Waals surface area contributed by atoms with Crippen LogP contribution >= 0.6 is 0 Å². The summed E-state index contributed by atoms with van der Waals surface area (Å²) >= 11 is 0. The first-order chi connectivity index (χ1) is 30.8. The van der Waals surface area contributed by atoms with Gasteiger partial charge in [-0.1, -0.05) is 60.8 Å². The van der Waals surface area contributed by atoms with E-state index < -0.39 is 35.5 Å². The van der Waals surface area contributed by atoms with E-state index >= 15 is 0 Å². The standard InChI is InChI=1S/C51H88N6O8/c1-34(2)23-40(47(62)50(7)33-65-50)56-49(64)42(25-36(5)6)57-48(63)41(24-35(3)4)55-45(60)19-13-10-15-21-53-43(58)17-11-8-14-20-52-44(59)18-12-9-16-22-54-46(61)32-51-29-37-26-38(30-51)28-39(27-37)31-51/h34-42H,8-33H2,1-7H3,(H,52,59)(H,53,58)(H,54,61)(H,55,60)(H,56,64)(H,57,63)/t37?,38?,39?,40-,41-,42-,50+,51?/m0/s1. The lowest BCUT2D eigenvalue weighted by Gasteiger charge is -2.56. The van der Waals surface area contributed by atoms with Crippen molar-refractivity contribution >= 4 is 41.2 Å². The lowest BCUT2D eigenvalue weighted by Crippen LogP contribution is -2.57. The minimum Gasteiger partial charge on any atom is -0.361 e. The molecule has 5 aliphatic rings. The highest BCUT2D eigenvalue weighted by Gasteiger charge is 2.52. The lowest BCUT2D eigenvalue weighted by molar-refractivity contribution is -0.134. The Hall–Kier alpha value is -3.55. The van der Waals surface area contributed by atoms with Crippen LogP contribution in [0.1, 0.15) is 190 Å². The molecule has 0 aromatic rings. The Morgan fingerprint density at radius 1 is 0.492 bits per heavy atom. The Morgan fingerprint density at radius 3 is 1.28 bits per heavy atom. The number of ketones is 1. The molecule has 6 N–H and O–H groups in total. The minimum atomic E-state index is -0.883. The molecular formula is C51H88N6O8. The second kappa shape index (κ2) is 26.7. The van der Waals surface area contributed by atoms with Crippen LogP contribution in [0, 0.1) is 40.9 Å². The van der Waals surface area contributed by atoms with Gasteiger partial charge >= 0.3 is 0 Å². The molecule has 5 fully saturated rings. The van der Waals surface area contributed by atoms with Gasteiger partial charge in [0.25, 0.3) is 0 Å². The zero-order chi connectivity index (χ0) is 47.6. The van der Waals surface area contributed by atoms with Crippen molar-refractivity contribution in [1.82, 2.24) is 31.9 Å². The van der Waals surface area contributed by atoms with Crippen LogP contribution in [0.5, 0.6) is 0 Å². The number of carbonyl (C=O) groups excluding carboxylic acids is 7. The number of hydrogen-bond acceptors (Lipinski definition) is 8. The summed E-state index contributed by atoms with van der Waals surface area (Å²) in [5.41, 5.74) is -0.608. The number of nitrogens with one attached hydrogen (secondary N) is 6. The SMILES string of the molecule is CC(C)C[C@H](NC(=O)CCCCCNC(=O)CCCCCNC(=O)CCCCCNC(=O)CC12CC3CC(CC(C3)C1)C2)C(=O)N[C@@H](CC(C)C)C(=O)N[C@@H](CC(C)C)C(=O)[C@@]1(C)CO1. The molecule has 0 aromatic heterocycles. The van der Waals surface area contributed by atoms with Crippen LogP contribution < -0.4 is 31.9 Å². The summed E-state index contributed by atoms with van der Waals surface area (Å²) in [5, 5.41) is 17.8. The monoisotopic (exact) mass is 913 g/mol. The van der Waals surface area contributed by atoms with Gasteiger partial charge in [-0.2, -0.15) is 0 Å². The molecule has 0 radical (unpaired) electrons. The fraction of sp³-hybridized carbons (Fsp3) is 0.863. The first-order valence-electron chi connectivity index (χ1n) is 25.7. The van der Waals surface area contributed by atoms with E-state index in [1.54, 1.807) is 6.92 Å². The van der Waals surface area contributed by atoms with E-state index in [9.17, 15) is 33.6 Å². The molecule has 4 bridgehead atoms. The molecule has 14 heteroatoms. The molecule has 4 saturated carbocycles. The largest absolute Gasteiger partial charge is 0.361 e. The Balaban J connectivity index is 0.991. The third-order valence-electron chi connectivity index (χ3n) is 14.0. The third-order valence-corrected chi connectivity index (χ3v) is 14.0. The Labute approximate surface area is 391 Å². The third kappa shape index (κ3) is 19.7. The maximum Gasteiger partial charge on any atom is 0.243 e. The van der Waals surface area contributed by atoms with Crippen molar-refractivity contribution in [3.63, 3.8) is 0 Å². The molecule has 5 rings (SSSR count). The molecule has 6 amide bonds. The second-order valence-electron chi connectivity index (χ2n) is 22.1. The fourth-order valence-electron chi connectivity index (χ4n) is 11.1. The average Bonchev–Trinajstić information content (AvgIpc) is 3.97. The van der Waals surface area contributed by atoms with Gasteiger partial charge in [0.05, 0.1) is 12.6 Å². The van der Waals surface area contributed by atoms with Gasteiger partial charge in [-0.25, -0.2) is 0 Å². The Bertz CT molecular complexity index is 1540. The number of rotatable bonds is 33. The van der Waals surface area contributed by atoms with Crippen LogP contribution in [-0.2, 0) is 38.3 Å². The summed E-state index contributed by atoms with van der Waals surface area (Å²) in [7, 11) is 0. The zero-order valence-electron chi connectivity index (χ0n) is 41.3. The van der Waals surface area contributed by atoms with Crippen molar-refractivity contribution in [3.8, 4) is 0 Å². The first kappa shape index (κ1) is 54.1. The van der Waals surface area contributed by atoms with Gasteiger partial charge in [-0.15, -0.1) is 0 Å². The fourth-order valence-corrected chi connectivity index (χ4v) is 11.1. The van der Waals surface area contributed by atoms with Gasteiger partial charge in [-0.05, 0) is 144 Å². The number of amides is 6. The van der Waals surface area contributed by atoms with Crippen LogP contribution in [-0.4, -0.2) is 91.2 Å². The van der Waals surface area contributed by atoms with Crippen molar-refractivity contribution in [2.24, 2.45) is 40.9 Å². The summed E-state index contributed by atoms with van der Waals surface area (Å²) in [5.74, 6) is 1.96. The summed E-state index contributed by atoms with van der Waals surface area (Å²) in [6.45, 7) is 15.7.